The normalized spacial score (nSPS) is 10.8. The Balaban J connectivity index is 3.41. The molecule has 0 unspecified atom stereocenters. The first kappa shape index (κ1) is 13.6. The van der Waals surface area contributed by atoms with Gasteiger partial charge in [0.1, 0.15) is 12.4 Å². The average molecular weight is 261 g/mol. The van der Waals surface area contributed by atoms with E-state index in [0.717, 1.165) is 0 Å². The highest BCUT2D eigenvalue weighted by Crippen LogP contribution is 2.30. The van der Waals surface area contributed by atoms with Crippen LogP contribution in [0.2, 0.25) is 0 Å². The number of nitrogens with zero attached hydrogens (tertiary/aromatic N) is 1. The summed E-state index contributed by atoms with van der Waals surface area (Å²) in [6, 6.07) is 0. The first-order chi connectivity index (χ1) is 7.95. The molecule has 96 valence electrons. The Kier molecular flexibility index (Phi) is 4.19. The van der Waals surface area contributed by atoms with Crippen molar-refractivity contribution in [3.05, 3.63) is 29.1 Å². The Morgan fingerprint density at radius 3 is 1.47 bits per heavy atom. The van der Waals surface area contributed by atoms with Gasteiger partial charge in [0.25, 0.3) is 0 Å². The molecule has 0 spiro atoms. The van der Waals surface area contributed by atoms with Crippen LogP contribution >= 0.6 is 0 Å². The number of anilines is 1. The van der Waals surface area contributed by atoms with Crippen LogP contribution in [0.15, 0.2) is 0 Å². The van der Waals surface area contributed by atoms with Crippen molar-refractivity contribution >= 4 is 5.69 Å². The highest BCUT2D eigenvalue weighted by atomic mass is 19.2. The molecule has 0 saturated carbocycles. The van der Waals surface area contributed by atoms with Gasteiger partial charge in [0.2, 0.25) is 5.82 Å². The van der Waals surface area contributed by atoms with E-state index in [1.165, 1.54) is 0 Å². The molecule has 0 aromatic heterocycles. The Hall–Kier alpha value is -1.47. The summed E-state index contributed by atoms with van der Waals surface area (Å²) in [6.07, 6.45) is 0. The Labute approximate surface area is 91.4 Å². The van der Waals surface area contributed by atoms with Crippen LogP contribution in [-0.2, 0) is 0 Å². The molecule has 0 amide bonds. The smallest absolute Gasteiger partial charge is 0.200 e. The third-order valence-electron chi connectivity index (χ3n) is 2.00. The van der Waals surface area contributed by atoms with E-state index in [-0.39, 0.29) is 4.90 Å². The molecule has 0 aliphatic carbocycles. The minimum Gasteiger partial charge on any atom is -0.337 e. The van der Waals surface area contributed by atoms with Crippen LogP contribution in [-0.4, -0.2) is 20.0 Å². The molecule has 1 rings (SSSR count). The second-order valence-electron chi connectivity index (χ2n) is 2.99. The van der Waals surface area contributed by atoms with Crippen molar-refractivity contribution in [1.82, 2.24) is 0 Å². The number of alkyl halides is 2. The van der Waals surface area contributed by atoms with Gasteiger partial charge < -0.3 is 4.90 Å². The van der Waals surface area contributed by atoms with Gasteiger partial charge in [-0.25, -0.2) is 30.7 Å². The van der Waals surface area contributed by atoms with Gasteiger partial charge in [-0.1, -0.05) is 0 Å². The van der Waals surface area contributed by atoms with Gasteiger partial charge in [0, 0.05) is 6.54 Å². The van der Waals surface area contributed by atoms with Crippen molar-refractivity contribution in [2.24, 2.45) is 0 Å². The number of hydrogen-bond acceptors (Lipinski definition) is 1. The van der Waals surface area contributed by atoms with E-state index >= 15 is 0 Å². The zero-order chi connectivity index (χ0) is 13.2. The highest BCUT2D eigenvalue weighted by molar-refractivity contribution is 5.50. The van der Waals surface area contributed by atoms with Gasteiger partial charge in [0.15, 0.2) is 30.1 Å². The summed E-state index contributed by atoms with van der Waals surface area (Å²) in [6.45, 7) is -3.61. The van der Waals surface area contributed by atoms with Crippen LogP contribution in [0.25, 0.3) is 0 Å². The fraction of sp³-hybridized carbons (Fsp3) is 0.333. The third kappa shape index (κ3) is 2.29. The van der Waals surface area contributed by atoms with Crippen LogP contribution in [0.3, 0.4) is 0 Å². The Morgan fingerprint density at radius 1 is 0.706 bits per heavy atom. The first-order valence-corrected chi connectivity index (χ1v) is 4.34. The third-order valence-corrected chi connectivity index (χ3v) is 2.00. The lowest BCUT2D eigenvalue weighted by atomic mass is 10.2. The van der Waals surface area contributed by atoms with Crippen molar-refractivity contribution < 1.29 is 30.7 Å². The molecule has 0 heterocycles. The molecular formula is C9H6F7N. The zero-order valence-corrected chi connectivity index (χ0v) is 8.21. The number of rotatable bonds is 4. The first-order valence-electron chi connectivity index (χ1n) is 4.34. The number of benzene rings is 1. The van der Waals surface area contributed by atoms with E-state index < -0.39 is 54.8 Å². The van der Waals surface area contributed by atoms with E-state index in [2.05, 4.69) is 0 Å². The molecule has 0 aliphatic rings. The molecule has 0 saturated heterocycles. The van der Waals surface area contributed by atoms with Crippen LogP contribution in [0, 0.1) is 29.1 Å². The summed E-state index contributed by atoms with van der Waals surface area (Å²) in [5.74, 6) is -11.1. The molecule has 0 bridgehead atoms. The van der Waals surface area contributed by atoms with Crippen LogP contribution in [0.4, 0.5) is 36.4 Å². The molecular weight excluding hydrogens is 255 g/mol. The fourth-order valence-electron chi connectivity index (χ4n) is 1.20. The molecule has 0 radical (unpaired) electrons. The summed E-state index contributed by atoms with van der Waals surface area (Å²) < 4.78 is 88.6. The molecule has 0 aliphatic heterocycles. The van der Waals surface area contributed by atoms with E-state index in [9.17, 15) is 30.7 Å². The maximum atomic E-state index is 13.1. The van der Waals surface area contributed by atoms with Crippen LogP contribution in [0.5, 0.6) is 0 Å². The minimum atomic E-state index is -2.34. The predicted octanol–water partition coefficient (Wildman–Crippen LogP) is 3.09. The SMILES string of the molecule is FCCN(CF)c1c(F)c(F)c(F)c(F)c1F. The fourth-order valence-corrected chi connectivity index (χ4v) is 1.20. The van der Waals surface area contributed by atoms with Crippen molar-refractivity contribution in [3.63, 3.8) is 0 Å². The van der Waals surface area contributed by atoms with Crippen LogP contribution < -0.4 is 4.90 Å². The minimum absolute atomic E-state index is 0.0796. The second-order valence-corrected chi connectivity index (χ2v) is 2.99. The zero-order valence-electron chi connectivity index (χ0n) is 8.21. The van der Waals surface area contributed by atoms with Gasteiger partial charge in [-0.2, -0.15) is 0 Å². The molecule has 17 heavy (non-hydrogen) atoms. The van der Waals surface area contributed by atoms with Gasteiger partial charge in [-0.3, -0.25) is 0 Å². The molecule has 0 atom stereocenters. The van der Waals surface area contributed by atoms with Crippen molar-refractivity contribution in [2.75, 3.05) is 24.9 Å². The Morgan fingerprint density at radius 2 is 1.12 bits per heavy atom. The van der Waals surface area contributed by atoms with E-state index in [1.54, 1.807) is 0 Å². The monoisotopic (exact) mass is 261 g/mol. The molecule has 0 N–H and O–H groups in total. The molecule has 1 aromatic rings. The van der Waals surface area contributed by atoms with E-state index in [1.807, 2.05) is 0 Å². The summed E-state index contributed by atoms with van der Waals surface area (Å²) in [5, 5.41) is 0. The van der Waals surface area contributed by atoms with Gasteiger partial charge in [0.05, 0.1) is 0 Å². The lowest BCUT2D eigenvalue weighted by Gasteiger charge is -2.21. The van der Waals surface area contributed by atoms with E-state index in [4.69, 9.17) is 0 Å². The van der Waals surface area contributed by atoms with Crippen molar-refractivity contribution in [1.29, 1.82) is 0 Å². The topological polar surface area (TPSA) is 3.24 Å². The summed E-state index contributed by atoms with van der Waals surface area (Å²) in [7, 11) is 0. The molecule has 0 fully saturated rings. The standard InChI is InChI=1S/C9H6F7N/c10-1-2-17(3-11)9-7(15)5(13)4(12)6(14)8(9)16/h1-3H2. The molecule has 8 heteroatoms. The predicted molar refractivity (Wildman–Crippen MR) is 45.5 cm³/mol. The van der Waals surface area contributed by atoms with Crippen molar-refractivity contribution in [2.45, 2.75) is 0 Å². The quantitative estimate of drug-likeness (QED) is 0.348. The van der Waals surface area contributed by atoms with E-state index in [0.29, 0.717) is 0 Å². The Bertz CT molecular complexity index is 391. The van der Waals surface area contributed by atoms with Crippen LogP contribution in [0.1, 0.15) is 0 Å². The number of halogens is 7. The van der Waals surface area contributed by atoms with Gasteiger partial charge >= 0.3 is 0 Å². The molecule has 1 nitrogen and oxygen atoms in total. The van der Waals surface area contributed by atoms with Crippen molar-refractivity contribution in [3.8, 4) is 0 Å². The maximum Gasteiger partial charge on any atom is 0.200 e. The average Bonchev–Trinajstić information content (AvgIpc) is 2.33. The van der Waals surface area contributed by atoms with Gasteiger partial charge in [-0.15, -0.1) is 0 Å². The maximum absolute atomic E-state index is 13.1. The summed E-state index contributed by atoms with van der Waals surface area (Å²) >= 11 is 0. The highest BCUT2D eigenvalue weighted by Gasteiger charge is 2.28. The largest absolute Gasteiger partial charge is 0.337 e. The summed E-state index contributed by atoms with van der Waals surface area (Å²) in [4.78, 5) is 0.0796. The lowest BCUT2D eigenvalue weighted by molar-refractivity contribution is 0.368. The second kappa shape index (κ2) is 5.24. The summed E-state index contributed by atoms with van der Waals surface area (Å²) in [5.41, 5.74) is -1.47. The number of hydrogen-bond donors (Lipinski definition) is 0. The lowest BCUT2D eigenvalue weighted by Crippen LogP contribution is -2.28. The molecule has 1 aromatic carbocycles. The van der Waals surface area contributed by atoms with Gasteiger partial charge in [-0.05, 0) is 0 Å².